The van der Waals surface area contributed by atoms with Crippen LogP contribution in [0.3, 0.4) is 0 Å². The van der Waals surface area contributed by atoms with Crippen molar-refractivity contribution in [1.82, 2.24) is 28.9 Å². The second-order valence-corrected chi connectivity index (χ2v) is 37.9. The number of pyridine rings is 4. The van der Waals surface area contributed by atoms with Gasteiger partial charge in [-0.2, -0.15) is 52.7 Å². The molecule has 47 heteroatoms. The first-order valence-corrected chi connectivity index (χ1v) is 46.0. The van der Waals surface area contributed by atoms with Gasteiger partial charge in [0.05, 0.1) is 144 Å². The quantitative estimate of drug-likeness (QED) is 0.0199. The number of halogens is 15. The first-order chi connectivity index (χ1) is 67.6. The number of alkyl halides is 12. The molecule has 4 aliphatic rings. The molecule has 4 aliphatic heterocycles. The van der Waals surface area contributed by atoms with Crippen LogP contribution in [0.2, 0.25) is 0 Å². The number of ether oxygens (including phenoxy) is 4. The Hall–Kier alpha value is -14.7. The fourth-order valence-corrected chi connectivity index (χ4v) is 18.2. The number of nitrogens with two attached hydrogens (primary N) is 1. The van der Waals surface area contributed by atoms with Gasteiger partial charge in [0.15, 0.2) is 16.8 Å². The van der Waals surface area contributed by atoms with Gasteiger partial charge in [-0.15, -0.1) is 0 Å². The molecule has 0 radical (unpaired) electrons. The van der Waals surface area contributed by atoms with Crippen molar-refractivity contribution < 1.29 is 131 Å². The maximum absolute atomic E-state index is 13.5. The van der Waals surface area contributed by atoms with Gasteiger partial charge in [0.25, 0.3) is 34.1 Å². The highest BCUT2D eigenvalue weighted by atomic mass is 79.9. The highest BCUT2D eigenvalue weighted by molar-refractivity contribution is 9.11. The van der Waals surface area contributed by atoms with Crippen LogP contribution in [0.4, 0.5) is 81.1 Å². The van der Waals surface area contributed by atoms with Crippen LogP contribution in [0.1, 0.15) is 165 Å². The second-order valence-electron chi connectivity index (χ2n) is 35.2. The number of likely N-dealkylation sites (N-methyl/N-ethyl adjacent to an activating group) is 3. The minimum Gasteiger partial charge on any atom is -0.506 e. The smallest absolute Gasteiger partial charge is 0.416 e. The van der Waals surface area contributed by atoms with Crippen LogP contribution in [0.25, 0.3) is 48.5 Å². The number of carboxylic acid groups (broad SMARTS) is 1. The number of amides is 2. The van der Waals surface area contributed by atoms with Crippen LogP contribution in [-0.2, 0) is 84.2 Å². The van der Waals surface area contributed by atoms with Crippen molar-refractivity contribution in [3.05, 3.63) is 279 Å². The third kappa shape index (κ3) is 23.4. The molecular weight excluding hydrogens is 2130 g/mol. The first kappa shape index (κ1) is 109. The van der Waals surface area contributed by atoms with Crippen molar-refractivity contribution in [1.29, 1.82) is 0 Å². The van der Waals surface area contributed by atoms with Crippen molar-refractivity contribution in [3.8, 4) is 23.0 Å². The SMILES string of the molecule is CC(C)(C)OC(=O)CN.CCOC(=O)c1c(O)c2cc(Br)cc3c2n(c1=O)CC(c1ccc(C(F)(F)F)cc1)N3.CCOC(=O)c1c(O)c2cc(Br)cc3c2n(c1=O)CC(c1ccc(C(F)(F)F)cc1)N3C.CN1c2cc(Br)cc3c(O)c(C(=O)NCC(=O)OC(C)(C)C)c(=O)n(c23)CC1c1ccc(C(F)(F)F)cc1.[C-]#[N+]c1cc2c3c(c1)c(O)c(C(=O)NCC(=O)O)c(=O)n3CC(c1ccc(C(F)(F)F)cc1)N2C. The number of nitrogens with one attached hydrogen (secondary N) is 3. The van der Waals surface area contributed by atoms with E-state index in [1.807, 2.05) is 10.2 Å². The topological polar surface area (TPSA) is 422 Å². The predicted octanol–water partition coefficient (Wildman–Crippen LogP) is 18.0. The zero-order valence-corrected chi connectivity index (χ0v) is 83.0. The Kier molecular flexibility index (Phi) is 31.9. The number of carbonyl (C=O) groups is 7. The van der Waals surface area contributed by atoms with Crippen LogP contribution < -0.4 is 58.6 Å². The molecule has 32 nitrogen and oxygen atoms in total. The lowest BCUT2D eigenvalue weighted by atomic mass is 9.97. The maximum Gasteiger partial charge on any atom is 0.416 e. The van der Waals surface area contributed by atoms with E-state index in [4.69, 9.17) is 36.4 Å². The van der Waals surface area contributed by atoms with Gasteiger partial charge < -0.3 is 99.1 Å². The summed E-state index contributed by atoms with van der Waals surface area (Å²) in [5.74, 6) is -8.59. The number of aliphatic carboxylic acids is 1. The van der Waals surface area contributed by atoms with Crippen molar-refractivity contribution in [2.45, 2.75) is 142 Å². The molecule has 12 aromatic rings. The van der Waals surface area contributed by atoms with Gasteiger partial charge in [-0.25, -0.2) is 14.4 Å². The summed E-state index contributed by atoms with van der Waals surface area (Å²) in [5, 5.41) is 60.3. The van der Waals surface area contributed by atoms with Crippen molar-refractivity contribution >= 4 is 161 Å². The van der Waals surface area contributed by atoms with Gasteiger partial charge in [-0.3, -0.25) is 43.2 Å². The standard InChI is InChI=1S/C26H25BrF3N3O5.C23H17F3N4O5.C22H18BrF3N2O4.C21H16BrF3N2O4.C6H13NO2/c1-25(2,3)38-19(34)11-31-23(36)20-22(35)16-9-15(27)10-17-21(16)33(24(20)37)12-18(32(17)4)13-5-7-14(8-6-13)26(28,29)30;1-27-13-7-14-19-15(8-13)29(2)16(11-3-5-12(6-4-11)23(24,25)26)10-30(19)22(35)18(20(14)33)21(34)28-9-17(31)32;1-3-32-21(31)17-19(29)14-8-13(23)9-15-18(14)28(20(17)30)10-16(27(15)2)11-4-6-12(7-5-11)22(24,25)26;1-2-31-20(30)16-18(28)13-7-12(22)8-14-17(13)27(19(16)29)9-15(26-14)10-3-5-11(6-4-10)21(23,24)25;1-6(2,3)9-5(8)4-7/h5-10,18,35H,11-12H2,1-4H3,(H,31,36);3-8,16,33H,9-10H2,2H3,(H,28,34)(H,31,32);4-9,16,29H,3,10H2,1-2H3;3-8,15,26,28H,2,9H2,1H3;4,7H2,1-3H3. The predicted molar refractivity (Wildman–Crippen MR) is 519 cm³/mol. The molecule has 4 atom stereocenters. The largest absolute Gasteiger partial charge is 0.506 e. The van der Waals surface area contributed by atoms with Gasteiger partial charge in [0.1, 0.15) is 58.4 Å². The van der Waals surface area contributed by atoms with E-state index in [-0.39, 0.29) is 84.7 Å². The Labute approximate surface area is 839 Å². The summed E-state index contributed by atoms with van der Waals surface area (Å²) >= 11 is 10.1. The number of hydrogen-bond acceptors (Lipinski definition) is 24. The molecule has 0 bridgehead atoms. The van der Waals surface area contributed by atoms with Crippen LogP contribution in [-0.4, -0.2) is 151 Å². The molecule has 4 unspecified atom stereocenters. The number of carboxylic acids is 1. The van der Waals surface area contributed by atoms with Crippen LogP contribution >= 0.6 is 47.8 Å². The first-order valence-electron chi connectivity index (χ1n) is 43.6. The Morgan fingerprint density at radius 1 is 0.428 bits per heavy atom. The molecule has 0 aliphatic carbocycles. The van der Waals surface area contributed by atoms with Crippen molar-refractivity contribution in [3.63, 3.8) is 0 Å². The number of hydrogen-bond donors (Lipinski definition) is 9. The van der Waals surface area contributed by atoms with E-state index in [2.05, 4.69) is 63.3 Å². The zero-order chi connectivity index (χ0) is 107. The number of aromatic nitrogens is 4. The van der Waals surface area contributed by atoms with E-state index in [0.717, 1.165) is 48.5 Å². The third-order valence-electron chi connectivity index (χ3n) is 23.3. The summed E-state index contributed by atoms with van der Waals surface area (Å²) in [4.78, 5) is 146. The molecular formula is C98H89Br3F12N12O20. The molecule has 766 valence electrons. The summed E-state index contributed by atoms with van der Waals surface area (Å²) < 4.78 is 183. The summed E-state index contributed by atoms with van der Waals surface area (Å²) in [6.07, 6.45) is -17.9. The maximum atomic E-state index is 13.5. The van der Waals surface area contributed by atoms with Gasteiger partial charge in [-0.1, -0.05) is 96.3 Å². The fraction of sp³-hybridized carbons (Fsp3) is 0.306. The van der Waals surface area contributed by atoms with E-state index in [9.17, 15) is 126 Å². The number of nitrogens with zero attached hydrogens (tertiary/aromatic N) is 8. The van der Waals surface area contributed by atoms with Crippen LogP contribution in [0.5, 0.6) is 23.0 Å². The Morgan fingerprint density at radius 2 is 0.724 bits per heavy atom. The summed E-state index contributed by atoms with van der Waals surface area (Å²) in [7, 11) is 5.13. The lowest BCUT2D eigenvalue weighted by Gasteiger charge is -2.37. The van der Waals surface area contributed by atoms with E-state index >= 15 is 0 Å². The third-order valence-corrected chi connectivity index (χ3v) is 24.7. The van der Waals surface area contributed by atoms with Gasteiger partial charge in [0.2, 0.25) is 0 Å². The number of carbonyl (C=O) groups excluding carboxylic acids is 6. The number of esters is 4. The van der Waals surface area contributed by atoms with Crippen LogP contribution in [0.15, 0.2) is 178 Å². The van der Waals surface area contributed by atoms with E-state index in [1.54, 1.807) is 123 Å². The monoisotopic (exact) mass is 2220 g/mol. The van der Waals surface area contributed by atoms with E-state index < -0.39 is 199 Å². The minimum absolute atomic E-state index is 0.00153. The lowest BCUT2D eigenvalue weighted by Crippen LogP contribution is -2.41. The number of rotatable bonds is 15. The average molecular weight is 2220 g/mol. The molecule has 145 heavy (non-hydrogen) atoms. The average Bonchev–Trinajstić information content (AvgIpc) is 0.732. The summed E-state index contributed by atoms with van der Waals surface area (Å²) in [6, 6.07) is 28.9. The summed E-state index contributed by atoms with van der Waals surface area (Å²) in [5.41, 5.74) is 0.817. The van der Waals surface area contributed by atoms with E-state index in [1.165, 1.54) is 78.9 Å². The van der Waals surface area contributed by atoms with Gasteiger partial charge >= 0.3 is 54.6 Å². The number of aromatic hydroxyl groups is 4. The molecule has 8 aromatic carbocycles. The zero-order valence-electron chi connectivity index (χ0n) is 78.2. The molecule has 8 heterocycles. The second kappa shape index (κ2) is 42.3. The van der Waals surface area contributed by atoms with E-state index in [0.29, 0.717) is 75.0 Å². The molecule has 16 rings (SSSR count). The highest BCUT2D eigenvalue weighted by Crippen LogP contribution is 2.49. The van der Waals surface area contributed by atoms with Crippen molar-refractivity contribution in [2.75, 3.05) is 74.0 Å². The molecule has 0 saturated carbocycles. The molecule has 0 spiro atoms. The molecule has 0 saturated heterocycles. The minimum atomic E-state index is -4.52. The van der Waals surface area contributed by atoms with Gasteiger partial charge in [0, 0.05) is 56.1 Å². The Morgan fingerprint density at radius 3 is 1.04 bits per heavy atom. The van der Waals surface area contributed by atoms with Crippen molar-refractivity contribution in [2.24, 2.45) is 5.73 Å². The fourth-order valence-electron chi connectivity index (χ4n) is 16.8. The number of benzene rings is 8. The van der Waals surface area contributed by atoms with Crippen LogP contribution in [0, 0.1) is 6.57 Å². The molecule has 0 fully saturated rings. The molecule has 10 N–H and O–H groups in total. The molecule has 4 aromatic heterocycles. The lowest BCUT2D eigenvalue weighted by molar-refractivity contribution is -0.154. The Bertz CT molecular complexity index is 7490. The highest BCUT2D eigenvalue weighted by Gasteiger charge is 2.42. The molecule has 2 amide bonds. The number of anilines is 4. The normalized spacial score (nSPS) is 15.2. The Balaban J connectivity index is 0.000000167. The van der Waals surface area contributed by atoms with Gasteiger partial charge in [-0.05, 0) is 175 Å². The summed E-state index contributed by atoms with van der Waals surface area (Å²) in [6.45, 7) is 19.7.